The first-order valence-corrected chi connectivity index (χ1v) is 7.83. The highest BCUT2D eigenvalue weighted by Gasteiger charge is 2.16. The fourth-order valence-electron chi connectivity index (χ4n) is 2.87. The summed E-state index contributed by atoms with van der Waals surface area (Å²) < 4.78 is 7.78. The fourth-order valence-corrected chi connectivity index (χ4v) is 2.87. The van der Waals surface area contributed by atoms with Gasteiger partial charge in [-0.05, 0) is 31.5 Å². The van der Waals surface area contributed by atoms with E-state index < -0.39 is 0 Å². The summed E-state index contributed by atoms with van der Waals surface area (Å²) in [7, 11) is 0. The highest BCUT2D eigenvalue weighted by Crippen LogP contribution is 2.18. The standard InChI is InChI=1S/C16H24N4O/c17-7-3-4-8-20-15-6-2-1-5-14(15)18-16(20)13-19-9-11-21-12-10-19/h1-2,5-6H,3-4,7-13,17H2. The number of rotatable bonds is 6. The second kappa shape index (κ2) is 7.02. The van der Waals surface area contributed by atoms with Crippen molar-refractivity contribution < 1.29 is 4.74 Å². The minimum Gasteiger partial charge on any atom is -0.379 e. The lowest BCUT2D eigenvalue weighted by molar-refractivity contribution is 0.0326. The maximum absolute atomic E-state index is 5.62. The van der Waals surface area contributed by atoms with Crippen LogP contribution in [0.1, 0.15) is 18.7 Å². The maximum atomic E-state index is 5.62. The number of benzene rings is 1. The molecular weight excluding hydrogens is 264 g/mol. The lowest BCUT2D eigenvalue weighted by atomic mass is 10.3. The maximum Gasteiger partial charge on any atom is 0.124 e. The fraction of sp³-hybridized carbons (Fsp3) is 0.562. The third-order valence-electron chi connectivity index (χ3n) is 4.04. The first-order chi connectivity index (χ1) is 10.4. The minimum atomic E-state index is 0.755. The zero-order valence-corrected chi connectivity index (χ0v) is 12.5. The Labute approximate surface area is 125 Å². The van der Waals surface area contributed by atoms with Crippen LogP contribution in [0.4, 0.5) is 0 Å². The lowest BCUT2D eigenvalue weighted by Gasteiger charge is -2.26. The van der Waals surface area contributed by atoms with Gasteiger partial charge in [0.1, 0.15) is 5.82 Å². The van der Waals surface area contributed by atoms with Crippen LogP contribution in [0.3, 0.4) is 0 Å². The molecule has 2 N–H and O–H groups in total. The van der Waals surface area contributed by atoms with E-state index in [-0.39, 0.29) is 0 Å². The molecule has 1 aliphatic rings. The van der Waals surface area contributed by atoms with Gasteiger partial charge in [-0.15, -0.1) is 0 Å². The Bertz CT molecular complexity index is 575. The van der Waals surface area contributed by atoms with Gasteiger partial charge in [-0.25, -0.2) is 4.98 Å². The third kappa shape index (κ3) is 3.43. The molecule has 0 spiro atoms. The summed E-state index contributed by atoms with van der Waals surface area (Å²) in [6, 6.07) is 8.39. The molecular formula is C16H24N4O. The summed E-state index contributed by atoms with van der Waals surface area (Å²) in [5.74, 6) is 1.16. The van der Waals surface area contributed by atoms with Crippen molar-refractivity contribution in [3.63, 3.8) is 0 Å². The van der Waals surface area contributed by atoms with Gasteiger partial charge in [-0.2, -0.15) is 0 Å². The van der Waals surface area contributed by atoms with Crippen LogP contribution in [0.5, 0.6) is 0 Å². The quantitative estimate of drug-likeness (QED) is 0.821. The van der Waals surface area contributed by atoms with E-state index in [0.717, 1.165) is 70.1 Å². The van der Waals surface area contributed by atoms with Crippen molar-refractivity contribution in [2.75, 3.05) is 32.8 Å². The second-order valence-electron chi connectivity index (χ2n) is 5.55. The third-order valence-corrected chi connectivity index (χ3v) is 4.04. The van der Waals surface area contributed by atoms with Gasteiger partial charge in [0.05, 0.1) is 30.8 Å². The van der Waals surface area contributed by atoms with Gasteiger partial charge in [-0.3, -0.25) is 4.90 Å². The van der Waals surface area contributed by atoms with Gasteiger partial charge >= 0.3 is 0 Å². The van der Waals surface area contributed by atoms with E-state index in [1.165, 1.54) is 5.52 Å². The van der Waals surface area contributed by atoms with Crippen molar-refractivity contribution in [2.45, 2.75) is 25.9 Å². The zero-order valence-electron chi connectivity index (χ0n) is 12.5. The Morgan fingerprint density at radius 1 is 1.14 bits per heavy atom. The van der Waals surface area contributed by atoms with Crippen molar-refractivity contribution in [2.24, 2.45) is 5.73 Å². The number of fused-ring (bicyclic) bond motifs is 1. The van der Waals surface area contributed by atoms with E-state index in [2.05, 4.69) is 33.7 Å². The Hall–Kier alpha value is -1.43. The molecule has 0 saturated carbocycles. The van der Waals surface area contributed by atoms with E-state index in [0.29, 0.717) is 0 Å². The number of aromatic nitrogens is 2. The molecule has 0 radical (unpaired) electrons. The molecule has 2 aromatic rings. The monoisotopic (exact) mass is 288 g/mol. The van der Waals surface area contributed by atoms with Crippen LogP contribution in [-0.2, 0) is 17.8 Å². The lowest BCUT2D eigenvalue weighted by Crippen LogP contribution is -2.36. The average molecular weight is 288 g/mol. The number of para-hydroxylation sites is 2. The number of hydrogen-bond acceptors (Lipinski definition) is 4. The number of morpholine rings is 1. The molecule has 3 rings (SSSR count). The summed E-state index contributed by atoms with van der Waals surface area (Å²) in [6.45, 7) is 6.29. The number of hydrogen-bond donors (Lipinski definition) is 1. The molecule has 1 aromatic heterocycles. The van der Waals surface area contributed by atoms with Crippen molar-refractivity contribution in [1.82, 2.24) is 14.5 Å². The predicted octanol–water partition coefficient (Wildman–Crippen LogP) is 1.61. The van der Waals surface area contributed by atoms with E-state index in [1.807, 2.05) is 0 Å². The Kier molecular flexibility index (Phi) is 4.85. The highest BCUT2D eigenvalue weighted by molar-refractivity contribution is 5.75. The summed E-state index contributed by atoms with van der Waals surface area (Å²) >= 11 is 0. The van der Waals surface area contributed by atoms with Crippen LogP contribution in [0.2, 0.25) is 0 Å². The van der Waals surface area contributed by atoms with Crippen LogP contribution in [0, 0.1) is 0 Å². The molecule has 2 heterocycles. The van der Waals surface area contributed by atoms with Crippen LogP contribution in [0.15, 0.2) is 24.3 Å². The number of aryl methyl sites for hydroxylation is 1. The van der Waals surface area contributed by atoms with Crippen molar-refractivity contribution in [1.29, 1.82) is 0 Å². The number of nitrogens with zero attached hydrogens (tertiary/aromatic N) is 3. The average Bonchev–Trinajstić information content (AvgIpc) is 2.86. The SMILES string of the molecule is NCCCCn1c(CN2CCOCC2)nc2ccccc21. The van der Waals surface area contributed by atoms with E-state index in [1.54, 1.807) is 0 Å². The van der Waals surface area contributed by atoms with Crippen molar-refractivity contribution in [3.8, 4) is 0 Å². The molecule has 0 unspecified atom stereocenters. The number of imidazole rings is 1. The van der Waals surface area contributed by atoms with Gasteiger partial charge in [-0.1, -0.05) is 12.1 Å². The minimum absolute atomic E-state index is 0.755. The Morgan fingerprint density at radius 3 is 2.76 bits per heavy atom. The van der Waals surface area contributed by atoms with Crippen LogP contribution in [0.25, 0.3) is 11.0 Å². The van der Waals surface area contributed by atoms with E-state index in [4.69, 9.17) is 15.5 Å². The van der Waals surface area contributed by atoms with Gasteiger partial charge in [0.25, 0.3) is 0 Å². The van der Waals surface area contributed by atoms with E-state index >= 15 is 0 Å². The number of ether oxygens (including phenoxy) is 1. The van der Waals surface area contributed by atoms with Crippen LogP contribution < -0.4 is 5.73 Å². The Morgan fingerprint density at radius 2 is 1.95 bits per heavy atom. The molecule has 0 amide bonds. The van der Waals surface area contributed by atoms with Crippen molar-refractivity contribution >= 4 is 11.0 Å². The smallest absolute Gasteiger partial charge is 0.124 e. The van der Waals surface area contributed by atoms with Gasteiger partial charge in [0, 0.05) is 19.6 Å². The largest absolute Gasteiger partial charge is 0.379 e. The summed E-state index contributed by atoms with van der Waals surface area (Å²) in [5.41, 5.74) is 7.95. The van der Waals surface area contributed by atoms with Gasteiger partial charge in [0.2, 0.25) is 0 Å². The van der Waals surface area contributed by atoms with Gasteiger partial charge in [0.15, 0.2) is 0 Å². The van der Waals surface area contributed by atoms with Crippen molar-refractivity contribution in [3.05, 3.63) is 30.1 Å². The molecule has 21 heavy (non-hydrogen) atoms. The van der Waals surface area contributed by atoms with Gasteiger partial charge < -0.3 is 15.0 Å². The summed E-state index contributed by atoms with van der Waals surface area (Å²) in [5, 5.41) is 0. The molecule has 114 valence electrons. The molecule has 5 heteroatoms. The summed E-state index contributed by atoms with van der Waals surface area (Å²) in [4.78, 5) is 7.26. The number of nitrogens with two attached hydrogens (primary N) is 1. The zero-order chi connectivity index (χ0) is 14.5. The van der Waals surface area contributed by atoms with Crippen LogP contribution in [-0.4, -0.2) is 47.3 Å². The normalized spacial score (nSPS) is 16.6. The summed E-state index contributed by atoms with van der Waals surface area (Å²) in [6.07, 6.45) is 2.16. The molecule has 1 aliphatic heterocycles. The van der Waals surface area contributed by atoms with Crippen LogP contribution >= 0.6 is 0 Å². The second-order valence-corrected chi connectivity index (χ2v) is 5.55. The molecule has 5 nitrogen and oxygen atoms in total. The Balaban J connectivity index is 1.82. The number of unbranched alkanes of at least 4 members (excludes halogenated alkanes) is 1. The molecule has 1 saturated heterocycles. The molecule has 0 aliphatic carbocycles. The first kappa shape index (κ1) is 14.5. The van der Waals surface area contributed by atoms with E-state index in [9.17, 15) is 0 Å². The topological polar surface area (TPSA) is 56.3 Å². The molecule has 0 bridgehead atoms. The molecule has 1 fully saturated rings. The predicted molar refractivity (Wildman–Crippen MR) is 84.1 cm³/mol. The molecule has 0 atom stereocenters. The highest BCUT2D eigenvalue weighted by atomic mass is 16.5. The first-order valence-electron chi connectivity index (χ1n) is 7.83. The molecule has 1 aromatic carbocycles.